The molecule has 106 valence electrons. The normalized spacial score (nSPS) is 11.4. The summed E-state index contributed by atoms with van der Waals surface area (Å²) in [5, 5.41) is 8.04. The van der Waals surface area contributed by atoms with Gasteiger partial charge < -0.3 is 10.5 Å². The summed E-state index contributed by atoms with van der Waals surface area (Å²) in [4.78, 5) is 0. The van der Waals surface area contributed by atoms with Gasteiger partial charge in [-0.1, -0.05) is 0 Å². The minimum Gasteiger partial charge on any atom is -0.491 e. The van der Waals surface area contributed by atoms with Crippen molar-refractivity contribution in [1.82, 2.24) is 0 Å². The summed E-state index contributed by atoms with van der Waals surface area (Å²) in [5.41, 5.74) is 5.60. The lowest BCUT2D eigenvalue weighted by Gasteiger charge is -2.20. The Labute approximate surface area is 112 Å². The maximum absolute atomic E-state index is 11.1. The zero-order valence-electron chi connectivity index (χ0n) is 11.0. The zero-order chi connectivity index (χ0) is 14.6. The lowest BCUT2D eigenvalue weighted by atomic mass is 10.3. The molecule has 0 aromatic heterocycles. The van der Waals surface area contributed by atoms with Crippen molar-refractivity contribution in [2.75, 3.05) is 11.3 Å². The SMILES string of the molecule is CC(C)Oc1ccc(N(OS(C)(=O)=O)C(=N)N)cc1. The topological polar surface area (TPSA) is 106 Å². The molecular weight excluding hydrogens is 270 g/mol. The maximum Gasteiger partial charge on any atom is 0.285 e. The fraction of sp³-hybridized carbons (Fsp3) is 0.364. The van der Waals surface area contributed by atoms with E-state index in [4.69, 9.17) is 15.9 Å². The van der Waals surface area contributed by atoms with Crippen LogP contribution in [0.5, 0.6) is 5.75 Å². The number of benzene rings is 1. The van der Waals surface area contributed by atoms with E-state index in [1.807, 2.05) is 13.8 Å². The highest BCUT2D eigenvalue weighted by Gasteiger charge is 2.16. The Balaban J connectivity index is 2.95. The smallest absolute Gasteiger partial charge is 0.285 e. The lowest BCUT2D eigenvalue weighted by Crippen LogP contribution is -2.38. The molecular formula is C11H17N3O4S. The lowest BCUT2D eigenvalue weighted by molar-refractivity contribution is 0.242. The quantitative estimate of drug-likeness (QED) is 0.476. The monoisotopic (exact) mass is 287 g/mol. The summed E-state index contributed by atoms with van der Waals surface area (Å²) < 4.78 is 32.3. The number of nitrogens with one attached hydrogen (secondary N) is 1. The summed E-state index contributed by atoms with van der Waals surface area (Å²) in [6.45, 7) is 3.78. The minimum absolute atomic E-state index is 0.0297. The standard InChI is InChI=1S/C11H17N3O4S/c1-8(2)17-10-6-4-9(5-7-10)14(11(12)13)18-19(3,15)16/h4-8H,1-3H3,(H3,12,13). The molecule has 0 saturated carbocycles. The van der Waals surface area contributed by atoms with Gasteiger partial charge in [-0.25, -0.2) is 0 Å². The molecule has 0 saturated heterocycles. The predicted molar refractivity (Wildman–Crippen MR) is 72.5 cm³/mol. The summed E-state index contributed by atoms with van der Waals surface area (Å²) >= 11 is 0. The largest absolute Gasteiger partial charge is 0.491 e. The van der Waals surface area contributed by atoms with Crippen molar-refractivity contribution in [1.29, 1.82) is 5.41 Å². The van der Waals surface area contributed by atoms with Crippen molar-refractivity contribution in [3.8, 4) is 5.75 Å². The van der Waals surface area contributed by atoms with Crippen LogP contribution < -0.4 is 15.5 Å². The number of hydrogen-bond acceptors (Lipinski definition) is 5. The molecule has 3 N–H and O–H groups in total. The molecule has 0 aliphatic heterocycles. The van der Waals surface area contributed by atoms with Gasteiger partial charge in [-0.15, -0.1) is 4.28 Å². The van der Waals surface area contributed by atoms with Gasteiger partial charge in [-0.05, 0) is 38.1 Å². The molecule has 0 bridgehead atoms. The van der Waals surface area contributed by atoms with E-state index >= 15 is 0 Å². The summed E-state index contributed by atoms with van der Waals surface area (Å²) in [6.07, 6.45) is 0.904. The van der Waals surface area contributed by atoms with Crippen molar-refractivity contribution in [2.45, 2.75) is 20.0 Å². The van der Waals surface area contributed by atoms with E-state index < -0.39 is 16.1 Å². The van der Waals surface area contributed by atoms with E-state index in [0.29, 0.717) is 16.5 Å². The molecule has 19 heavy (non-hydrogen) atoms. The van der Waals surface area contributed by atoms with E-state index in [0.717, 1.165) is 6.26 Å². The molecule has 0 heterocycles. The first-order valence-corrected chi connectivity index (χ1v) is 7.31. The minimum atomic E-state index is -3.77. The van der Waals surface area contributed by atoms with E-state index in [1.54, 1.807) is 24.3 Å². The Morgan fingerprint density at radius 1 is 1.32 bits per heavy atom. The van der Waals surface area contributed by atoms with Gasteiger partial charge in [0, 0.05) is 0 Å². The van der Waals surface area contributed by atoms with Crippen molar-refractivity contribution >= 4 is 21.8 Å². The number of nitrogens with two attached hydrogens (primary N) is 1. The molecule has 1 rings (SSSR count). The Kier molecular flexibility index (Phi) is 4.73. The molecule has 1 aromatic rings. The Morgan fingerprint density at radius 2 is 1.84 bits per heavy atom. The number of hydrogen-bond donors (Lipinski definition) is 2. The van der Waals surface area contributed by atoms with Crippen molar-refractivity contribution < 1.29 is 17.4 Å². The molecule has 0 radical (unpaired) electrons. The molecule has 8 heteroatoms. The van der Waals surface area contributed by atoms with Crippen LogP contribution in [0.15, 0.2) is 24.3 Å². The van der Waals surface area contributed by atoms with Crippen LogP contribution in [0.3, 0.4) is 0 Å². The highest BCUT2D eigenvalue weighted by molar-refractivity contribution is 7.86. The van der Waals surface area contributed by atoms with Gasteiger partial charge in [0.25, 0.3) is 10.1 Å². The maximum atomic E-state index is 11.1. The van der Waals surface area contributed by atoms with Gasteiger partial charge in [-0.3, -0.25) is 5.41 Å². The van der Waals surface area contributed by atoms with Crippen molar-refractivity contribution in [3.63, 3.8) is 0 Å². The molecule has 0 fully saturated rings. The fourth-order valence-corrected chi connectivity index (χ4v) is 1.73. The first kappa shape index (κ1) is 15.3. The van der Waals surface area contributed by atoms with E-state index in [1.165, 1.54) is 0 Å². The Morgan fingerprint density at radius 3 is 2.21 bits per heavy atom. The van der Waals surface area contributed by atoms with Gasteiger partial charge in [0.05, 0.1) is 18.0 Å². The molecule has 0 spiro atoms. The molecule has 0 aliphatic rings. The second-order valence-electron chi connectivity index (χ2n) is 4.12. The van der Waals surface area contributed by atoms with Crippen LogP contribution in [0.1, 0.15) is 13.8 Å². The summed E-state index contributed by atoms with van der Waals surface area (Å²) in [5.74, 6) is 0.0876. The van der Waals surface area contributed by atoms with Crippen LogP contribution in [-0.4, -0.2) is 26.7 Å². The van der Waals surface area contributed by atoms with Gasteiger partial charge in [0.2, 0.25) is 5.96 Å². The number of anilines is 1. The Bertz CT molecular complexity index is 540. The first-order valence-electron chi connectivity index (χ1n) is 5.49. The molecule has 0 aliphatic carbocycles. The molecule has 1 aromatic carbocycles. The van der Waals surface area contributed by atoms with Crippen LogP contribution >= 0.6 is 0 Å². The molecule has 0 amide bonds. The van der Waals surface area contributed by atoms with Crippen LogP contribution in [0, 0.1) is 5.41 Å². The van der Waals surface area contributed by atoms with Crippen LogP contribution in [0.2, 0.25) is 0 Å². The second-order valence-corrected chi connectivity index (χ2v) is 5.68. The third kappa shape index (κ3) is 5.14. The van der Waals surface area contributed by atoms with Gasteiger partial charge in [0.15, 0.2) is 0 Å². The average molecular weight is 287 g/mol. The highest BCUT2D eigenvalue weighted by atomic mass is 32.2. The third-order valence-corrected chi connectivity index (χ3v) is 2.29. The average Bonchev–Trinajstić information content (AvgIpc) is 2.25. The van der Waals surface area contributed by atoms with Crippen LogP contribution in [0.4, 0.5) is 5.69 Å². The number of hydroxylamine groups is 1. The molecule has 0 atom stereocenters. The van der Waals surface area contributed by atoms with E-state index in [9.17, 15) is 8.42 Å². The Hall–Kier alpha value is -1.80. The predicted octanol–water partition coefficient (Wildman–Crippen LogP) is 1.06. The molecule has 7 nitrogen and oxygen atoms in total. The third-order valence-electron chi connectivity index (χ3n) is 1.87. The van der Waals surface area contributed by atoms with Gasteiger partial charge in [-0.2, -0.15) is 13.5 Å². The van der Waals surface area contributed by atoms with E-state index in [2.05, 4.69) is 4.28 Å². The number of guanidine groups is 1. The number of rotatable bonds is 5. The van der Waals surface area contributed by atoms with Gasteiger partial charge >= 0.3 is 0 Å². The second kappa shape index (κ2) is 5.89. The fourth-order valence-electron chi connectivity index (χ4n) is 1.29. The first-order chi connectivity index (χ1) is 8.69. The van der Waals surface area contributed by atoms with E-state index in [-0.39, 0.29) is 6.10 Å². The zero-order valence-corrected chi connectivity index (χ0v) is 11.8. The summed E-state index contributed by atoms with van der Waals surface area (Å²) in [6, 6.07) is 6.36. The van der Waals surface area contributed by atoms with Crippen molar-refractivity contribution in [2.24, 2.45) is 5.73 Å². The van der Waals surface area contributed by atoms with Crippen molar-refractivity contribution in [3.05, 3.63) is 24.3 Å². The summed E-state index contributed by atoms with van der Waals surface area (Å²) in [7, 11) is -3.77. The van der Waals surface area contributed by atoms with Gasteiger partial charge in [0.1, 0.15) is 5.75 Å². The van der Waals surface area contributed by atoms with Crippen LogP contribution in [-0.2, 0) is 14.4 Å². The highest BCUT2D eigenvalue weighted by Crippen LogP contribution is 2.21. The number of nitrogens with zero attached hydrogens (tertiary/aromatic N) is 1. The molecule has 0 unspecified atom stereocenters. The van der Waals surface area contributed by atoms with Crippen LogP contribution in [0.25, 0.3) is 0 Å². The number of ether oxygens (including phenoxy) is 1.